The van der Waals surface area contributed by atoms with E-state index in [-0.39, 0.29) is 17.3 Å². The van der Waals surface area contributed by atoms with E-state index in [9.17, 15) is 21.6 Å². The van der Waals surface area contributed by atoms with Gasteiger partial charge in [-0.2, -0.15) is 4.31 Å². The van der Waals surface area contributed by atoms with Crippen molar-refractivity contribution in [2.24, 2.45) is 5.92 Å². The molecule has 0 unspecified atom stereocenters. The monoisotopic (exact) mass is 444 g/mol. The molecular weight excluding hydrogens is 416 g/mol. The van der Waals surface area contributed by atoms with Crippen LogP contribution in [-0.4, -0.2) is 88.8 Å². The second-order valence-corrected chi connectivity index (χ2v) is 11.6. The summed E-state index contributed by atoms with van der Waals surface area (Å²) in [4.78, 5) is 14.8. The summed E-state index contributed by atoms with van der Waals surface area (Å²) in [5, 5.41) is 2.77. The standard InChI is InChI=1S/C18H28N4O5S2/c1-20-10-12-21(13-11-20)29(26,27)17-7-5-16(6-8-17)19-18(23)15-4-3-9-22(14-15)28(2,24)25/h5-8,15H,3-4,9-14H2,1-2H3,(H,19,23)/t15-/m0/s1. The Kier molecular flexibility index (Phi) is 6.64. The first-order valence-electron chi connectivity index (χ1n) is 9.62. The van der Waals surface area contributed by atoms with Gasteiger partial charge in [-0.3, -0.25) is 4.79 Å². The van der Waals surface area contributed by atoms with Gasteiger partial charge < -0.3 is 10.2 Å². The van der Waals surface area contributed by atoms with Crippen molar-refractivity contribution in [2.75, 3.05) is 57.9 Å². The number of likely N-dealkylation sites (N-methyl/N-ethyl adjacent to an activating group) is 1. The molecule has 162 valence electrons. The van der Waals surface area contributed by atoms with E-state index in [2.05, 4.69) is 10.2 Å². The van der Waals surface area contributed by atoms with E-state index < -0.39 is 26.0 Å². The number of rotatable bonds is 5. The molecule has 2 saturated heterocycles. The molecule has 1 aromatic rings. The van der Waals surface area contributed by atoms with Gasteiger partial charge in [0.2, 0.25) is 26.0 Å². The number of carbonyl (C=O) groups excluding carboxylic acids is 1. The molecule has 1 N–H and O–H groups in total. The number of nitrogens with zero attached hydrogens (tertiary/aromatic N) is 3. The summed E-state index contributed by atoms with van der Waals surface area (Å²) in [6.07, 6.45) is 2.40. The van der Waals surface area contributed by atoms with Crippen molar-refractivity contribution in [3.05, 3.63) is 24.3 Å². The lowest BCUT2D eigenvalue weighted by Crippen LogP contribution is -2.47. The zero-order chi connectivity index (χ0) is 21.2. The Bertz CT molecular complexity index is 939. The Balaban J connectivity index is 1.64. The first-order valence-corrected chi connectivity index (χ1v) is 12.9. The zero-order valence-corrected chi connectivity index (χ0v) is 18.4. The first-order chi connectivity index (χ1) is 13.6. The van der Waals surface area contributed by atoms with Crippen LogP contribution in [0.5, 0.6) is 0 Å². The minimum absolute atomic E-state index is 0.167. The van der Waals surface area contributed by atoms with Gasteiger partial charge >= 0.3 is 0 Å². The Hall–Kier alpha value is -1.53. The number of benzene rings is 1. The number of piperazine rings is 1. The summed E-state index contributed by atoms with van der Waals surface area (Å²) in [6.45, 7) is 2.90. The molecule has 0 bridgehead atoms. The van der Waals surface area contributed by atoms with Crippen LogP contribution < -0.4 is 5.32 Å². The average Bonchev–Trinajstić information content (AvgIpc) is 2.68. The molecule has 2 fully saturated rings. The predicted molar refractivity (Wildman–Crippen MR) is 110 cm³/mol. The van der Waals surface area contributed by atoms with Crippen LogP contribution in [0.1, 0.15) is 12.8 Å². The van der Waals surface area contributed by atoms with Crippen LogP contribution >= 0.6 is 0 Å². The second-order valence-electron chi connectivity index (χ2n) is 7.68. The summed E-state index contributed by atoms with van der Waals surface area (Å²) < 4.78 is 51.8. The van der Waals surface area contributed by atoms with Gasteiger partial charge in [0.05, 0.1) is 17.1 Å². The van der Waals surface area contributed by atoms with Crippen LogP contribution in [0, 0.1) is 5.92 Å². The van der Waals surface area contributed by atoms with E-state index in [0.29, 0.717) is 51.3 Å². The van der Waals surface area contributed by atoms with Crippen LogP contribution in [-0.2, 0) is 24.8 Å². The molecule has 11 heteroatoms. The van der Waals surface area contributed by atoms with Crippen LogP contribution in [0.25, 0.3) is 0 Å². The lowest BCUT2D eigenvalue weighted by atomic mass is 9.99. The van der Waals surface area contributed by atoms with Gasteiger partial charge in [-0.05, 0) is 44.2 Å². The minimum Gasteiger partial charge on any atom is -0.326 e. The second kappa shape index (κ2) is 8.68. The van der Waals surface area contributed by atoms with Crippen LogP contribution in [0.3, 0.4) is 0 Å². The Morgan fingerprint density at radius 2 is 1.59 bits per heavy atom. The molecule has 1 aromatic carbocycles. The molecule has 2 heterocycles. The highest BCUT2D eigenvalue weighted by Crippen LogP contribution is 2.23. The molecule has 1 atom stereocenters. The summed E-state index contributed by atoms with van der Waals surface area (Å²) in [6, 6.07) is 6.12. The smallest absolute Gasteiger partial charge is 0.243 e. The molecular formula is C18H28N4O5S2. The normalized spacial score (nSPS) is 23.0. The first kappa shape index (κ1) is 22.2. The molecule has 2 aliphatic heterocycles. The van der Waals surface area contributed by atoms with Crippen molar-refractivity contribution in [3.8, 4) is 0 Å². The molecule has 9 nitrogen and oxygen atoms in total. The molecule has 0 radical (unpaired) electrons. The molecule has 1 amide bonds. The topological polar surface area (TPSA) is 107 Å². The van der Waals surface area contributed by atoms with Crippen molar-refractivity contribution in [2.45, 2.75) is 17.7 Å². The van der Waals surface area contributed by atoms with E-state index in [4.69, 9.17) is 0 Å². The fraction of sp³-hybridized carbons (Fsp3) is 0.611. The zero-order valence-electron chi connectivity index (χ0n) is 16.7. The van der Waals surface area contributed by atoms with Gasteiger partial charge in [0.15, 0.2) is 0 Å². The third kappa shape index (κ3) is 5.34. The Morgan fingerprint density at radius 1 is 0.966 bits per heavy atom. The molecule has 0 aromatic heterocycles. The van der Waals surface area contributed by atoms with Crippen LogP contribution in [0.15, 0.2) is 29.2 Å². The molecule has 0 aliphatic carbocycles. The molecule has 2 aliphatic rings. The van der Waals surface area contributed by atoms with E-state index in [0.717, 1.165) is 6.26 Å². The number of carbonyl (C=O) groups is 1. The summed E-state index contributed by atoms with van der Waals surface area (Å²) >= 11 is 0. The number of hydrogen-bond donors (Lipinski definition) is 1. The molecule has 0 spiro atoms. The SMILES string of the molecule is CN1CCN(S(=O)(=O)c2ccc(NC(=O)[C@H]3CCCN(S(C)(=O)=O)C3)cc2)CC1. The van der Waals surface area contributed by atoms with E-state index in [1.54, 1.807) is 12.1 Å². The number of piperidine rings is 1. The molecule has 3 rings (SSSR count). The van der Waals surface area contributed by atoms with Crippen molar-refractivity contribution in [3.63, 3.8) is 0 Å². The number of anilines is 1. The van der Waals surface area contributed by atoms with Crippen molar-refractivity contribution in [1.82, 2.24) is 13.5 Å². The summed E-state index contributed by atoms with van der Waals surface area (Å²) in [7, 11) is -4.92. The molecule has 0 saturated carbocycles. The third-order valence-electron chi connectivity index (χ3n) is 5.45. The average molecular weight is 445 g/mol. The van der Waals surface area contributed by atoms with Gasteiger partial charge in [0.25, 0.3) is 0 Å². The number of sulfonamides is 2. The number of nitrogens with one attached hydrogen (secondary N) is 1. The van der Waals surface area contributed by atoms with E-state index in [1.807, 2.05) is 7.05 Å². The largest absolute Gasteiger partial charge is 0.326 e. The third-order valence-corrected chi connectivity index (χ3v) is 8.63. The van der Waals surface area contributed by atoms with Gasteiger partial charge in [-0.25, -0.2) is 21.1 Å². The van der Waals surface area contributed by atoms with Crippen molar-refractivity contribution < 1.29 is 21.6 Å². The van der Waals surface area contributed by atoms with Gasteiger partial charge in [-0.1, -0.05) is 0 Å². The lowest BCUT2D eigenvalue weighted by Gasteiger charge is -2.31. The highest BCUT2D eigenvalue weighted by atomic mass is 32.2. The lowest BCUT2D eigenvalue weighted by molar-refractivity contribution is -0.120. The van der Waals surface area contributed by atoms with E-state index in [1.165, 1.54) is 20.7 Å². The summed E-state index contributed by atoms with van der Waals surface area (Å²) in [5.41, 5.74) is 0.490. The highest BCUT2D eigenvalue weighted by molar-refractivity contribution is 7.89. The maximum absolute atomic E-state index is 12.8. The van der Waals surface area contributed by atoms with Crippen molar-refractivity contribution >= 4 is 31.6 Å². The number of amides is 1. The van der Waals surface area contributed by atoms with Crippen LogP contribution in [0.4, 0.5) is 5.69 Å². The fourth-order valence-electron chi connectivity index (χ4n) is 3.59. The van der Waals surface area contributed by atoms with Gasteiger partial charge in [0.1, 0.15) is 0 Å². The highest BCUT2D eigenvalue weighted by Gasteiger charge is 2.30. The van der Waals surface area contributed by atoms with Crippen molar-refractivity contribution in [1.29, 1.82) is 0 Å². The minimum atomic E-state index is -3.55. The van der Waals surface area contributed by atoms with Gasteiger partial charge in [-0.15, -0.1) is 0 Å². The summed E-state index contributed by atoms with van der Waals surface area (Å²) in [5.74, 6) is -0.680. The Morgan fingerprint density at radius 3 is 2.17 bits per heavy atom. The quantitative estimate of drug-likeness (QED) is 0.697. The maximum atomic E-state index is 12.8. The molecule has 29 heavy (non-hydrogen) atoms. The maximum Gasteiger partial charge on any atom is 0.243 e. The fourth-order valence-corrected chi connectivity index (χ4v) is 5.92. The Labute approximate surface area is 172 Å². The van der Waals surface area contributed by atoms with Gasteiger partial charge in [0, 0.05) is 45.0 Å². The van der Waals surface area contributed by atoms with Crippen LogP contribution in [0.2, 0.25) is 0 Å². The van der Waals surface area contributed by atoms with E-state index >= 15 is 0 Å². The predicted octanol–water partition coefficient (Wildman–Crippen LogP) is 0.233. The number of hydrogen-bond acceptors (Lipinski definition) is 6.